The van der Waals surface area contributed by atoms with Gasteiger partial charge in [0, 0.05) is 9.50 Å². The van der Waals surface area contributed by atoms with Crippen LogP contribution in [0.5, 0.6) is 11.5 Å². The average Bonchev–Trinajstić information content (AvgIpc) is 2.83. The number of nitrogens with one attached hydrogen (secondary N) is 1. The molecule has 7 nitrogen and oxygen atoms in total. The summed E-state index contributed by atoms with van der Waals surface area (Å²) in [6.45, 7) is 0.276. The van der Waals surface area contributed by atoms with Gasteiger partial charge < -0.3 is 9.47 Å². The van der Waals surface area contributed by atoms with Crippen LogP contribution in [0.1, 0.15) is 11.1 Å². The molecule has 4 amide bonds. The first-order valence-electron chi connectivity index (χ1n) is 10.2. The molecule has 1 saturated heterocycles. The molecular formula is C25H17Br2ClN2O5. The van der Waals surface area contributed by atoms with Crippen molar-refractivity contribution < 1.29 is 23.9 Å². The molecule has 0 unspecified atom stereocenters. The third kappa shape index (κ3) is 5.58. The number of hydrogen-bond acceptors (Lipinski definition) is 5. The number of anilines is 1. The minimum atomic E-state index is -0.816. The van der Waals surface area contributed by atoms with Crippen molar-refractivity contribution in [2.45, 2.75) is 6.61 Å². The van der Waals surface area contributed by atoms with Gasteiger partial charge in [0.1, 0.15) is 12.2 Å². The molecule has 1 heterocycles. The largest absolute Gasteiger partial charge is 0.493 e. The molecule has 10 heteroatoms. The van der Waals surface area contributed by atoms with Gasteiger partial charge in [-0.25, -0.2) is 9.69 Å². The van der Waals surface area contributed by atoms with Crippen molar-refractivity contribution in [2.75, 3.05) is 12.0 Å². The highest BCUT2D eigenvalue weighted by Gasteiger charge is 2.36. The van der Waals surface area contributed by atoms with Crippen LogP contribution in [0.3, 0.4) is 0 Å². The fourth-order valence-electron chi connectivity index (χ4n) is 3.35. The van der Waals surface area contributed by atoms with Gasteiger partial charge in [-0.1, -0.05) is 39.7 Å². The second-order valence-corrected chi connectivity index (χ2v) is 9.59. The van der Waals surface area contributed by atoms with Crippen LogP contribution >= 0.6 is 43.5 Å². The fourth-order valence-corrected chi connectivity index (χ4v) is 4.31. The third-order valence-corrected chi connectivity index (χ3v) is 6.42. The SMILES string of the molecule is COc1cc(/C=C2\C(=O)NC(=O)N(c3ccc(Br)cc3)C2=O)cc(Br)c1OCc1ccc(Cl)cc1. The summed E-state index contributed by atoms with van der Waals surface area (Å²) in [5.74, 6) is -0.675. The molecule has 3 aromatic rings. The standard InChI is InChI=1S/C25H17Br2ClN2O5/c1-34-21-12-15(11-20(27)22(21)35-13-14-2-6-17(28)7-3-14)10-19-23(31)29-25(33)30(24(19)32)18-8-4-16(26)5-9-18/h2-12H,13H2,1H3,(H,29,31,33)/b19-10+. The maximum Gasteiger partial charge on any atom is 0.335 e. The Morgan fingerprint density at radius 3 is 2.34 bits per heavy atom. The maximum atomic E-state index is 13.1. The molecule has 0 atom stereocenters. The number of benzene rings is 3. The summed E-state index contributed by atoms with van der Waals surface area (Å²) in [4.78, 5) is 38.9. The second kappa shape index (κ2) is 10.6. The fraction of sp³-hybridized carbons (Fsp3) is 0.0800. The Bertz CT molecular complexity index is 1340. The van der Waals surface area contributed by atoms with Gasteiger partial charge in [-0.3, -0.25) is 14.9 Å². The Labute approximate surface area is 222 Å². The number of nitrogens with zero attached hydrogens (tertiary/aromatic N) is 1. The lowest BCUT2D eigenvalue weighted by atomic mass is 10.1. The number of halogens is 3. The van der Waals surface area contributed by atoms with Crippen molar-refractivity contribution in [3.63, 3.8) is 0 Å². The second-order valence-electron chi connectivity index (χ2n) is 7.38. The monoisotopic (exact) mass is 618 g/mol. The first-order chi connectivity index (χ1) is 16.8. The predicted molar refractivity (Wildman–Crippen MR) is 140 cm³/mol. The molecule has 0 aromatic heterocycles. The number of amides is 4. The van der Waals surface area contributed by atoms with Crippen molar-refractivity contribution in [3.05, 3.63) is 91.3 Å². The highest BCUT2D eigenvalue weighted by Crippen LogP contribution is 2.38. The highest BCUT2D eigenvalue weighted by molar-refractivity contribution is 9.10. The average molecular weight is 621 g/mol. The normalized spacial score (nSPS) is 14.8. The Morgan fingerprint density at radius 1 is 1.00 bits per heavy atom. The molecule has 1 fully saturated rings. The van der Waals surface area contributed by atoms with Gasteiger partial charge >= 0.3 is 6.03 Å². The van der Waals surface area contributed by atoms with Crippen molar-refractivity contribution in [3.8, 4) is 11.5 Å². The highest BCUT2D eigenvalue weighted by atomic mass is 79.9. The van der Waals surface area contributed by atoms with Crippen LogP contribution in [0.15, 0.2) is 75.2 Å². The van der Waals surface area contributed by atoms with Crippen molar-refractivity contribution in [1.82, 2.24) is 5.32 Å². The first kappa shape index (κ1) is 25.0. The van der Waals surface area contributed by atoms with Crippen LogP contribution in [0, 0.1) is 0 Å². The number of ether oxygens (including phenoxy) is 2. The van der Waals surface area contributed by atoms with Gasteiger partial charge in [0.15, 0.2) is 11.5 Å². The quantitative estimate of drug-likeness (QED) is 0.265. The van der Waals surface area contributed by atoms with E-state index in [1.807, 2.05) is 12.1 Å². The summed E-state index contributed by atoms with van der Waals surface area (Å²) in [5, 5.41) is 2.84. The number of barbiturate groups is 1. The molecule has 35 heavy (non-hydrogen) atoms. The number of urea groups is 1. The predicted octanol–water partition coefficient (Wildman–Crippen LogP) is 6.12. The Balaban J connectivity index is 1.63. The van der Waals surface area contributed by atoms with Gasteiger partial charge in [0.05, 0.1) is 17.3 Å². The van der Waals surface area contributed by atoms with Crippen molar-refractivity contribution >= 4 is 73.1 Å². The van der Waals surface area contributed by atoms with E-state index < -0.39 is 17.8 Å². The van der Waals surface area contributed by atoms with Crippen molar-refractivity contribution in [1.29, 1.82) is 0 Å². The minimum Gasteiger partial charge on any atom is -0.493 e. The van der Waals surface area contributed by atoms with E-state index in [9.17, 15) is 14.4 Å². The van der Waals surface area contributed by atoms with Crippen LogP contribution < -0.4 is 19.7 Å². The molecule has 1 aliphatic heterocycles. The summed E-state index contributed by atoms with van der Waals surface area (Å²) in [5.41, 5.74) is 1.54. The van der Waals surface area contributed by atoms with E-state index in [2.05, 4.69) is 37.2 Å². The van der Waals surface area contributed by atoms with E-state index >= 15 is 0 Å². The summed E-state index contributed by atoms with van der Waals surface area (Å²) in [6, 6.07) is 16.4. The summed E-state index contributed by atoms with van der Waals surface area (Å²) in [6.07, 6.45) is 1.40. The Kier molecular flexibility index (Phi) is 7.59. The van der Waals surface area contributed by atoms with E-state index in [0.717, 1.165) is 14.9 Å². The molecular weight excluding hydrogens is 604 g/mol. The summed E-state index contributed by atoms with van der Waals surface area (Å²) < 4.78 is 12.8. The molecule has 0 spiro atoms. The van der Waals surface area contributed by atoms with E-state index in [1.54, 1.807) is 48.5 Å². The molecule has 0 saturated carbocycles. The van der Waals surface area contributed by atoms with Gasteiger partial charge in [-0.15, -0.1) is 0 Å². The van der Waals surface area contributed by atoms with Gasteiger partial charge in [-0.2, -0.15) is 0 Å². The smallest absolute Gasteiger partial charge is 0.335 e. The number of imide groups is 2. The Morgan fingerprint density at radius 2 is 1.69 bits per heavy atom. The van der Waals surface area contributed by atoms with E-state index in [0.29, 0.717) is 32.2 Å². The van der Waals surface area contributed by atoms with Crippen LogP contribution in [-0.4, -0.2) is 25.0 Å². The van der Waals surface area contributed by atoms with Gasteiger partial charge in [0.2, 0.25) is 0 Å². The van der Waals surface area contributed by atoms with E-state index in [4.69, 9.17) is 21.1 Å². The van der Waals surface area contributed by atoms with Crippen LogP contribution in [0.4, 0.5) is 10.5 Å². The van der Waals surface area contributed by atoms with Crippen LogP contribution in [-0.2, 0) is 16.2 Å². The number of rotatable bonds is 6. The number of methoxy groups -OCH3 is 1. The zero-order chi connectivity index (χ0) is 25.1. The first-order valence-corrected chi connectivity index (χ1v) is 12.1. The molecule has 4 rings (SSSR count). The number of hydrogen-bond donors (Lipinski definition) is 1. The molecule has 1 aliphatic rings. The topological polar surface area (TPSA) is 84.9 Å². The maximum absolute atomic E-state index is 13.1. The molecule has 1 N–H and O–H groups in total. The zero-order valence-corrected chi connectivity index (χ0v) is 22.1. The van der Waals surface area contributed by atoms with E-state index in [-0.39, 0.29) is 12.2 Å². The molecule has 178 valence electrons. The summed E-state index contributed by atoms with van der Waals surface area (Å²) >= 11 is 12.7. The van der Waals surface area contributed by atoms with Crippen LogP contribution in [0.2, 0.25) is 5.02 Å². The van der Waals surface area contributed by atoms with Crippen molar-refractivity contribution in [2.24, 2.45) is 0 Å². The summed E-state index contributed by atoms with van der Waals surface area (Å²) in [7, 11) is 1.49. The van der Waals surface area contributed by atoms with Gasteiger partial charge in [-0.05, 0) is 81.7 Å². The molecule has 0 radical (unpaired) electrons. The molecule has 0 bridgehead atoms. The number of carbonyl (C=O) groups excluding carboxylic acids is 3. The lowest BCUT2D eigenvalue weighted by molar-refractivity contribution is -0.122. The molecule has 3 aromatic carbocycles. The Hall–Kier alpha value is -3.14. The third-order valence-electron chi connectivity index (χ3n) is 5.05. The number of carbonyl (C=O) groups is 3. The van der Waals surface area contributed by atoms with Gasteiger partial charge in [0.25, 0.3) is 11.8 Å². The lowest BCUT2D eigenvalue weighted by Crippen LogP contribution is -2.54. The zero-order valence-electron chi connectivity index (χ0n) is 18.2. The molecule has 0 aliphatic carbocycles. The van der Waals surface area contributed by atoms with E-state index in [1.165, 1.54) is 13.2 Å². The minimum absolute atomic E-state index is 0.198. The lowest BCUT2D eigenvalue weighted by Gasteiger charge is -2.26. The van der Waals surface area contributed by atoms with Crippen LogP contribution in [0.25, 0.3) is 6.08 Å².